The number of hydrogen-bond donors (Lipinski definition) is 2. The van der Waals surface area contributed by atoms with Gasteiger partial charge in [0.05, 0.1) is 6.10 Å². The van der Waals surface area contributed by atoms with Crippen LogP contribution >= 0.6 is 24.8 Å². The van der Waals surface area contributed by atoms with E-state index in [0.29, 0.717) is 11.8 Å². The maximum absolute atomic E-state index is 13.6. The molecular weight excluding hydrogens is 422 g/mol. The lowest BCUT2D eigenvalue weighted by Gasteiger charge is -2.37. The molecule has 2 aromatic rings. The summed E-state index contributed by atoms with van der Waals surface area (Å²) in [6.45, 7) is 5.42. The summed E-state index contributed by atoms with van der Waals surface area (Å²) >= 11 is 0. The Bertz CT molecular complexity index is 760. The first-order valence-electron chi connectivity index (χ1n) is 10.7. The van der Waals surface area contributed by atoms with Crippen LogP contribution in [0.15, 0.2) is 48.5 Å². The topological polar surface area (TPSA) is 35.5 Å². The average Bonchev–Trinajstić information content (AvgIpc) is 2.74. The van der Waals surface area contributed by atoms with Gasteiger partial charge in [-0.05, 0) is 66.3 Å². The van der Waals surface area contributed by atoms with Crippen LogP contribution < -0.4 is 5.32 Å². The first-order valence-corrected chi connectivity index (χ1v) is 10.7. The van der Waals surface area contributed by atoms with Crippen LogP contribution in [-0.4, -0.2) is 48.8 Å². The van der Waals surface area contributed by atoms with E-state index < -0.39 is 0 Å². The van der Waals surface area contributed by atoms with Gasteiger partial charge in [0.15, 0.2) is 0 Å². The molecule has 2 aliphatic rings. The van der Waals surface area contributed by atoms with Crippen LogP contribution in [0.3, 0.4) is 0 Å². The number of nitrogens with one attached hydrogen (secondary N) is 1. The third-order valence-electron chi connectivity index (χ3n) is 6.47. The Kier molecular flexibility index (Phi) is 10.1. The van der Waals surface area contributed by atoms with Crippen LogP contribution in [0.25, 0.3) is 11.1 Å². The predicted octanol–water partition coefficient (Wildman–Crippen LogP) is 4.88. The highest BCUT2D eigenvalue weighted by atomic mass is 35.5. The van der Waals surface area contributed by atoms with Crippen LogP contribution in [0.5, 0.6) is 0 Å². The van der Waals surface area contributed by atoms with Crippen LogP contribution in [0.2, 0.25) is 0 Å². The van der Waals surface area contributed by atoms with Crippen molar-refractivity contribution in [1.82, 2.24) is 10.2 Å². The first-order chi connectivity index (χ1) is 13.7. The predicted molar refractivity (Wildman–Crippen MR) is 126 cm³/mol. The lowest BCUT2D eigenvalue weighted by molar-refractivity contribution is 0.0932. The number of piperazine rings is 1. The molecule has 2 fully saturated rings. The molecule has 3 nitrogen and oxygen atoms in total. The Hall–Kier alpha value is -1.17. The Morgan fingerprint density at radius 1 is 0.933 bits per heavy atom. The standard InChI is InChI=1S/C24H31FN2O.2ClH/c25-22-3-1-2-21(16-22)18-4-6-19(7-5-18)24(17-27-14-12-26-13-15-27)20-8-10-23(28)11-9-20;;/h1-7,16,20,23-24,26,28H,8-15,17H2;2*1H. The van der Waals surface area contributed by atoms with E-state index in [9.17, 15) is 9.50 Å². The number of benzene rings is 2. The first kappa shape index (κ1) is 25.1. The van der Waals surface area contributed by atoms with Gasteiger partial charge in [-0.3, -0.25) is 0 Å². The van der Waals surface area contributed by atoms with E-state index in [1.54, 1.807) is 12.1 Å². The van der Waals surface area contributed by atoms with E-state index >= 15 is 0 Å². The van der Waals surface area contributed by atoms with Gasteiger partial charge < -0.3 is 15.3 Å². The van der Waals surface area contributed by atoms with Gasteiger partial charge in [-0.15, -0.1) is 24.8 Å². The third kappa shape index (κ3) is 6.41. The molecule has 1 heterocycles. The molecule has 4 rings (SSSR count). The molecule has 2 N–H and O–H groups in total. The molecule has 1 atom stereocenters. The Morgan fingerprint density at radius 3 is 2.23 bits per heavy atom. The third-order valence-corrected chi connectivity index (χ3v) is 6.47. The molecule has 1 aliphatic carbocycles. The van der Waals surface area contributed by atoms with Crippen LogP contribution in [0.4, 0.5) is 4.39 Å². The monoisotopic (exact) mass is 454 g/mol. The normalized spacial score (nSPS) is 23.1. The maximum Gasteiger partial charge on any atom is 0.123 e. The highest BCUT2D eigenvalue weighted by Gasteiger charge is 2.29. The maximum atomic E-state index is 13.6. The highest BCUT2D eigenvalue weighted by Crippen LogP contribution is 2.37. The molecule has 1 unspecified atom stereocenters. The minimum atomic E-state index is -0.195. The number of halogens is 3. The minimum Gasteiger partial charge on any atom is -0.393 e. The van der Waals surface area contributed by atoms with Gasteiger partial charge in [-0.2, -0.15) is 0 Å². The van der Waals surface area contributed by atoms with Gasteiger partial charge >= 0.3 is 0 Å². The molecular formula is C24H33Cl2FN2O. The minimum absolute atomic E-state index is 0. The summed E-state index contributed by atoms with van der Waals surface area (Å²) in [7, 11) is 0. The van der Waals surface area contributed by atoms with Crippen molar-refractivity contribution in [1.29, 1.82) is 0 Å². The van der Waals surface area contributed by atoms with Crippen LogP contribution in [0, 0.1) is 11.7 Å². The van der Waals surface area contributed by atoms with E-state index in [2.05, 4.69) is 34.5 Å². The lowest BCUT2D eigenvalue weighted by atomic mass is 9.75. The quantitative estimate of drug-likeness (QED) is 0.675. The largest absolute Gasteiger partial charge is 0.393 e. The summed E-state index contributed by atoms with van der Waals surface area (Å²) < 4.78 is 13.6. The molecule has 0 amide bonds. The number of nitrogens with zero attached hydrogens (tertiary/aromatic N) is 1. The van der Waals surface area contributed by atoms with E-state index in [1.807, 2.05) is 6.07 Å². The van der Waals surface area contributed by atoms with Crippen molar-refractivity contribution in [3.05, 3.63) is 59.9 Å². The number of aliphatic hydroxyl groups is 1. The summed E-state index contributed by atoms with van der Waals surface area (Å²) in [4.78, 5) is 2.58. The molecule has 166 valence electrons. The molecule has 0 aromatic heterocycles. The zero-order valence-corrected chi connectivity index (χ0v) is 18.9. The molecule has 0 spiro atoms. The van der Waals surface area contributed by atoms with Crippen molar-refractivity contribution >= 4 is 24.8 Å². The van der Waals surface area contributed by atoms with Gasteiger partial charge in [0.2, 0.25) is 0 Å². The fourth-order valence-corrected chi connectivity index (χ4v) is 4.79. The van der Waals surface area contributed by atoms with Crippen molar-refractivity contribution in [2.75, 3.05) is 32.7 Å². The van der Waals surface area contributed by atoms with Crippen LogP contribution in [0.1, 0.15) is 37.2 Å². The van der Waals surface area contributed by atoms with E-state index in [4.69, 9.17) is 0 Å². The summed E-state index contributed by atoms with van der Waals surface area (Å²) in [6, 6.07) is 15.5. The molecule has 6 heteroatoms. The van der Waals surface area contributed by atoms with Gasteiger partial charge in [-0.1, -0.05) is 36.4 Å². The van der Waals surface area contributed by atoms with E-state index in [1.165, 1.54) is 11.6 Å². The summed E-state index contributed by atoms with van der Waals surface area (Å²) in [5, 5.41) is 13.4. The average molecular weight is 455 g/mol. The van der Waals surface area contributed by atoms with Gasteiger partial charge in [0, 0.05) is 32.7 Å². The Labute approximate surface area is 191 Å². The molecule has 30 heavy (non-hydrogen) atoms. The summed E-state index contributed by atoms with van der Waals surface area (Å²) in [6.07, 6.45) is 3.92. The second-order valence-corrected chi connectivity index (χ2v) is 8.36. The summed E-state index contributed by atoms with van der Waals surface area (Å²) in [5.41, 5.74) is 3.36. The zero-order chi connectivity index (χ0) is 19.3. The van der Waals surface area contributed by atoms with Crippen LogP contribution in [-0.2, 0) is 0 Å². The van der Waals surface area contributed by atoms with Crippen molar-refractivity contribution < 1.29 is 9.50 Å². The molecule has 0 bridgehead atoms. The molecule has 2 aromatic carbocycles. The highest BCUT2D eigenvalue weighted by molar-refractivity contribution is 5.85. The van der Waals surface area contributed by atoms with Crippen molar-refractivity contribution in [3.63, 3.8) is 0 Å². The SMILES string of the molecule is Cl.Cl.OC1CCC(C(CN2CCNCC2)c2ccc(-c3cccc(F)c3)cc2)CC1. The van der Waals surface area contributed by atoms with E-state index in [-0.39, 0.29) is 36.7 Å². The second kappa shape index (κ2) is 12.0. The van der Waals surface area contributed by atoms with E-state index in [0.717, 1.165) is 69.5 Å². The van der Waals surface area contributed by atoms with Crippen molar-refractivity contribution in [2.45, 2.75) is 37.7 Å². The molecule has 1 aliphatic heterocycles. The Balaban J connectivity index is 0.00000160. The number of hydrogen-bond acceptors (Lipinski definition) is 3. The van der Waals surface area contributed by atoms with Crippen molar-refractivity contribution in [2.24, 2.45) is 5.92 Å². The lowest BCUT2D eigenvalue weighted by Crippen LogP contribution is -2.46. The fourth-order valence-electron chi connectivity index (χ4n) is 4.79. The molecule has 0 radical (unpaired) electrons. The zero-order valence-electron chi connectivity index (χ0n) is 17.3. The molecule has 1 saturated heterocycles. The van der Waals surface area contributed by atoms with Gasteiger partial charge in [-0.25, -0.2) is 4.39 Å². The van der Waals surface area contributed by atoms with Crippen molar-refractivity contribution in [3.8, 4) is 11.1 Å². The Morgan fingerprint density at radius 2 is 1.60 bits per heavy atom. The number of aliphatic hydroxyl groups excluding tert-OH is 1. The van der Waals surface area contributed by atoms with Gasteiger partial charge in [0.25, 0.3) is 0 Å². The fraction of sp³-hybridized carbons (Fsp3) is 0.500. The number of rotatable bonds is 5. The summed E-state index contributed by atoms with van der Waals surface area (Å²) in [5.74, 6) is 0.921. The second-order valence-electron chi connectivity index (χ2n) is 8.36. The van der Waals surface area contributed by atoms with Gasteiger partial charge in [0.1, 0.15) is 5.82 Å². The smallest absolute Gasteiger partial charge is 0.123 e. The molecule has 1 saturated carbocycles.